The Labute approximate surface area is 219 Å². The van der Waals surface area contributed by atoms with Crippen molar-refractivity contribution in [3.63, 3.8) is 0 Å². The minimum Gasteiger partial charge on any atom is -0.492 e. The second-order valence-electron chi connectivity index (χ2n) is 11.2. The number of ether oxygens (including phenoxy) is 1. The molecule has 196 valence electrons. The Morgan fingerprint density at radius 2 is 1.81 bits per heavy atom. The molecule has 2 saturated carbocycles. The van der Waals surface area contributed by atoms with E-state index >= 15 is 0 Å². The molecule has 5 nitrogen and oxygen atoms in total. The normalized spacial score (nSPS) is 21.9. The average Bonchev–Trinajstić information content (AvgIpc) is 3.32. The van der Waals surface area contributed by atoms with E-state index in [1.165, 1.54) is 32.1 Å². The minimum absolute atomic E-state index is 0.390. The highest BCUT2D eigenvalue weighted by Crippen LogP contribution is 2.43. The van der Waals surface area contributed by atoms with Crippen LogP contribution in [0.2, 0.25) is 0 Å². The Morgan fingerprint density at radius 3 is 2.50 bits per heavy atom. The summed E-state index contributed by atoms with van der Waals surface area (Å²) in [5, 5.41) is 15.3. The Balaban J connectivity index is 1.55. The van der Waals surface area contributed by atoms with Crippen LogP contribution < -0.4 is 10.1 Å². The number of benzene rings is 2. The molecule has 3 atom stereocenters. The molecule has 0 saturated heterocycles. The van der Waals surface area contributed by atoms with Gasteiger partial charge >= 0.3 is 5.97 Å². The Hall–Kier alpha value is -2.21. The molecule has 6 heteroatoms. The van der Waals surface area contributed by atoms with E-state index in [0.29, 0.717) is 29.1 Å². The maximum Gasteiger partial charge on any atom is 0.327 e. The first kappa shape index (κ1) is 26.8. The smallest absolute Gasteiger partial charge is 0.327 e. The van der Waals surface area contributed by atoms with Gasteiger partial charge in [-0.1, -0.05) is 62.9 Å². The maximum atomic E-state index is 13.6. The van der Waals surface area contributed by atoms with Crippen LogP contribution in [0.15, 0.2) is 36.4 Å². The topological polar surface area (TPSA) is 75.6 Å². The summed E-state index contributed by atoms with van der Waals surface area (Å²) in [7, 11) is 0. The zero-order valence-electron chi connectivity index (χ0n) is 21.9. The SMILES string of the molecule is CCC1CCC(SC(C)(C)C(NC(=O)c2ccc3ccccc3c2OCC2CCCCC2)C(=O)O)C1. The van der Waals surface area contributed by atoms with Gasteiger partial charge < -0.3 is 15.2 Å². The van der Waals surface area contributed by atoms with Crippen LogP contribution in [0, 0.1) is 11.8 Å². The molecule has 4 rings (SSSR count). The lowest BCUT2D eigenvalue weighted by Crippen LogP contribution is -2.53. The molecule has 2 aliphatic carbocycles. The van der Waals surface area contributed by atoms with Crippen LogP contribution in [-0.4, -0.2) is 39.6 Å². The van der Waals surface area contributed by atoms with Crippen LogP contribution >= 0.6 is 11.8 Å². The standard InChI is InChI=1S/C30H41NO4S/c1-4-20-14-16-23(18-20)36-30(2,3)27(29(33)34)31-28(32)25-17-15-22-12-8-9-13-24(22)26(25)35-19-21-10-6-5-7-11-21/h8-9,12-13,15,17,20-21,23,27H,4-7,10-11,14,16,18-19H2,1-3H3,(H,31,32)(H,33,34). The van der Waals surface area contributed by atoms with Crippen molar-refractivity contribution >= 4 is 34.4 Å². The second-order valence-corrected chi connectivity index (χ2v) is 13.1. The van der Waals surface area contributed by atoms with Crippen LogP contribution in [0.25, 0.3) is 10.8 Å². The minimum atomic E-state index is -1.01. The first-order valence-electron chi connectivity index (χ1n) is 13.6. The number of thioether (sulfide) groups is 1. The molecular formula is C30H41NO4S. The van der Waals surface area contributed by atoms with E-state index in [9.17, 15) is 14.7 Å². The number of carbonyl (C=O) groups is 2. The number of carbonyl (C=O) groups excluding carboxylic acids is 1. The zero-order valence-corrected chi connectivity index (χ0v) is 22.7. The van der Waals surface area contributed by atoms with Crippen LogP contribution in [0.4, 0.5) is 0 Å². The van der Waals surface area contributed by atoms with Crippen molar-refractivity contribution in [1.82, 2.24) is 5.32 Å². The van der Waals surface area contributed by atoms with Gasteiger partial charge in [0.05, 0.1) is 12.2 Å². The highest BCUT2D eigenvalue weighted by atomic mass is 32.2. The van der Waals surface area contributed by atoms with Crippen molar-refractivity contribution in [1.29, 1.82) is 0 Å². The van der Waals surface area contributed by atoms with Crippen LogP contribution in [0.1, 0.15) is 88.9 Å². The Bertz CT molecular complexity index is 1060. The van der Waals surface area contributed by atoms with Crippen molar-refractivity contribution in [3.05, 3.63) is 42.0 Å². The van der Waals surface area contributed by atoms with Crippen LogP contribution in [0.3, 0.4) is 0 Å². The molecule has 2 fully saturated rings. The molecule has 0 aliphatic heterocycles. The maximum absolute atomic E-state index is 13.6. The average molecular weight is 512 g/mol. The zero-order chi connectivity index (χ0) is 25.7. The number of rotatable bonds is 10. The van der Waals surface area contributed by atoms with Gasteiger partial charge in [-0.2, -0.15) is 0 Å². The summed E-state index contributed by atoms with van der Waals surface area (Å²) in [4.78, 5) is 26.0. The first-order chi connectivity index (χ1) is 17.3. The van der Waals surface area contributed by atoms with E-state index in [1.54, 1.807) is 17.8 Å². The number of hydrogen-bond acceptors (Lipinski definition) is 4. The van der Waals surface area contributed by atoms with Gasteiger partial charge in [0.1, 0.15) is 11.8 Å². The highest BCUT2D eigenvalue weighted by molar-refractivity contribution is 8.01. The molecule has 2 aliphatic rings. The monoisotopic (exact) mass is 511 g/mol. The lowest BCUT2D eigenvalue weighted by molar-refractivity contribution is -0.139. The van der Waals surface area contributed by atoms with Gasteiger partial charge in [-0.05, 0) is 69.2 Å². The molecule has 2 N–H and O–H groups in total. The van der Waals surface area contributed by atoms with Crippen molar-refractivity contribution in [3.8, 4) is 5.75 Å². The van der Waals surface area contributed by atoms with Crippen molar-refractivity contribution in [2.75, 3.05) is 6.61 Å². The second kappa shape index (κ2) is 11.9. The number of amides is 1. The van der Waals surface area contributed by atoms with Crippen molar-refractivity contribution in [2.45, 2.75) is 94.6 Å². The number of nitrogens with one attached hydrogen (secondary N) is 1. The van der Waals surface area contributed by atoms with Gasteiger partial charge in [0.15, 0.2) is 0 Å². The lowest BCUT2D eigenvalue weighted by atomic mass is 9.90. The fourth-order valence-electron chi connectivity index (χ4n) is 5.88. The van der Waals surface area contributed by atoms with E-state index in [4.69, 9.17) is 4.74 Å². The lowest BCUT2D eigenvalue weighted by Gasteiger charge is -2.34. The first-order valence-corrected chi connectivity index (χ1v) is 14.5. The molecule has 2 aromatic rings. The molecule has 0 radical (unpaired) electrons. The predicted octanol–water partition coefficient (Wildman–Crippen LogP) is 7.07. The third-order valence-corrected chi connectivity index (χ3v) is 9.68. The summed E-state index contributed by atoms with van der Waals surface area (Å²) in [6, 6.07) is 10.6. The molecule has 1 amide bonds. The molecule has 36 heavy (non-hydrogen) atoms. The number of aliphatic carboxylic acids is 1. The van der Waals surface area contributed by atoms with E-state index in [-0.39, 0.29) is 0 Å². The summed E-state index contributed by atoms with van der Waals surface area (Å²) in [6.07, 6.45) is 10.6. The van der Waals surface area contributed by atoms with E-state index in [2.05, 4.69) is 12.2 Å². The highest BCUT2D eigenvalue weighted by Gasteiger charge is 2.41. The molecule has 2 aromatic carbocycles. The molecule has 0 aromatic heterocycles. The number of fused-ring (bicyclic) bond motifs is 1. The van der Waals surface area contributed by atoms with E-state index in [0.717, 1.165) is 42.4 Å². The third kappa shape index (κ3) is 6.37. The molecule has 0 bridgehead atoms. The van der Waals surface area contributed by atoms with Crippen LogP contribution in [0.5, 0.6) is 5.75 Å². The quantitative estimate of drug-likeness (QED) is 0.357. The van der Waals surface area contributed by atoms with Gasteiger partial charge in [0, 0.05) is 15.4 Å². The number of carboxylic acid groups (broad SMARTS) is 1. The summed E-state index contributed by atoms with van der Waals surface area (Å²) < 4.78 is 5.71. The predicted molar refractivity (Wildman–Crippen MR) is 148 cm³/mol. The Morgan fingerprint density at radius 1 is 1.06 bits per heavy atom. The van der Waals surface area contributed by atoms with Crippen molar-refractivity contribution in [2.24, 2.45) is 11.8 Å². The summed E-state index contributed by atoms with van der Waals surface area (Å²) in [6.45, 7) is 6.69. The molecule has 0 heterocycles. The molecule has 3 unspecified atom stereocenters. The number of hydrogen-bond donors (Lipinski definition) is 2. The van der Waals surface area contributed by atoms with Gasteiger partial charge in [-0.3, -0.25) is 4.79 Å². The van der Waals surface area contributed by atoms with Gasteiger partial charge in [-0.15, -0.1) is 11.8 Å². The fourth-order valence-corrected chi connectivity index (χ4v) is 7.66. The van der Waals surface area contributed by atoms with Gasteiger partial charge in [-0.25, -0.2) is 4.79 Å². The number of carboxylic acids is 1. The Kier molecular flexibility index (Phi) is 8.87. The third-order valence-electron chi connectivity index (χ3n) is 8.07. The summed E-state index contributed by atoms with van der Waals surface area (Å²) in [5.74, 6) is 0.383. The van der Waals surface area contributed by atoms with Crippen LogP contribution in [-0.2, 0) is 4.79 Å². The summed E-state index contributed by atoms with van der Waals surface area (Å²) >= 11 is 1.71. The van der Waals surface area contributed by atoms with Gasteiger partial charge in [0.2, 0.25) is 0 Å². The molecular weight excluding hydrogens is 470 g/mol. The van der Waals surface area contributed by atoms with Gasteiger partial charge in [0.25, 0.3) is 5.91 Å². The van der Waals surface area contributed by atoms with E-state index < -0.39 is 22.7 Å². The van der Waals surface area contributed by atoms with E-state index in [1.807, 2.05) is 44.2 Å². The fraction of sp³-hybridized carbons (Fsp3) is 0.600. The van der Waals surface area contributed by atoms with Crippen molar-refractivity contribution < 1.29 is 19.4 Å². The molecule has 0 spiro atoms. The summed E-state index contributed by atoms with van der Waals surface area (Å²) in [5.41, 5.74) is 0.406. The largest absolute Gasteiger partial charge is 0.492 e.